The van der Waals surface area contributed by atoms with E-state index in [2.05, 4.69) is 15.5 Å². The number of benzene rings is 2. The van der Waals surface area contributed by atoms with Gasteiger partial charge >= 0.3 is 5.97 Å². The molecule has 3 N–H and O–H groups in total. The van der Waals surface area contributed by atoms with E-state index in [9.17, 15) is 24.5 Å². The Labute approximate surface area is 241 Å². The molecule has 210 valence electrons. The van der Waals surface area contributed by atoms with Crippen LogP contribution >= 0.6 is 23.1 Å². The Morgan fingerprint density at radius 2 is 1.88 bits per heavy atom. The molecule has 3 heterocycles. The van der Waals surface area contributed by atoms with Crippen LogP contribution in [0, 0.1) is 10.1 Å². The second kappa shape index (κ2) is 12.2. The smallest absolute Gasteiger partial charge is 0.355 e. The van der Waals surface area contributed by atoms with E-state index < -0.39 is 34.1 Å². The van der Waals surface area contributed by atoms with Gasteiger partial charge < -0.3 is 20.6 Å². The molecule has 0 bridgehead atoms. The summed E-state index contributed by atoms with van der Waals surface area (Å²) in [6.45, 7) is -0.0181. The van der Waals surface area contributed by atoms with E-state index in [-0.39, 0.29) is 41.1 Å². The van der Waals surface area contributed by atoms with Gasteiger partial charge in [-0.05, 0) is 29.3 Å². The Kier molecular flexibility index (Phi) is 8.26. The zero-order chi connectivity index (χ0) is 28.9. The number of hydrogen-bond donors (Lipinski definition) is 2. The molecular formula is C26H22N6O7S2. The molecular weight excluding hydrogens is 572 g/mol. The van der Waals surface area contributed by atoms with Crippen molar-refractivity contribution in [3.63, 3.8) is 0 Å². The predicted molar refractivity (Wildman–Crippen MR) is 150 cm³/mol. The Hall–Kier alpha value is -4.76. The van der Waals surface area contributed by atoms with Crippen molar-refractivity contribution in [2.75, 3.05) is 11.5 Å². The number of rotatable bonds is 10. The molecule has 2 aliphatic rings. The second-order valence-electron chi connectivity index (χ2n) is 8.74. The minimum atomic E-state index is -0.922. The van der Waals surface area contributed by atoms with Crippen LogP contribution in [0.5, 0.6) is 0 Å². The summed E-state index contributed by atoms with van der Waals surface area (Å²) in [7, 11) is 0. The fourth-order valence-corrected chi connectivity index (χ4v) is 5.76. The summed E-state index contributed by atoms with van der Waals surface area (Å²) in [4.78, 5) is 60.2. The summed E-state index contributed by atoms with van der Waals surface area (Å²) >= 11 is 2.50. The number of thioether (sulfide) groups is 1. The number of carbonyl (C=O) groups excluding carboxylic acids is 3. The monoisotopic (exact) mass is 594 g/mol. The Balaban J connectivity index is 1.22. The molecule has 13 nitrogen and oxygen atoms in total. The van der Waals surface area contributed by atoms with E-state index in [0.717, 1.165) is 16.9 Å². The van der Waals surface area contributed by atoms with Gasteiger partial charge in [0.2, 0.25) is 0 Å². The number of oxime groups is 1. The lowest BCUT2D eigenvalue weighted by Crippen LogP contribution is -2.70. The maximum atomic E-state index is 13.2. The highest BCUT2D eigenvalue weighted by Crippen LogP contribution is 2.38. The van der Waals surface area contributed by atoms with Crippen LogP contribution in [0.4, 0.5) is 10.8 Å². The maximum Gasteiger partial charge on any atom is 0.355 e. The molecule has 2 aliphatic heterocycles. The zero-order valence-electron chi connectivity index (χ0n) is 21.2. The molecule has 1 unspecified atom stereocenters. The summed E-state index contributed by atoms with van der Waals surface area (Å²) in [6, 6.07) is 13.9. The maximum absolute atomic E-state index is 13.2. The number of nitrogens with one attached hydrogen (secondary N) is 1. The van der Waals surface area contributed by atoms with Gasteiger partial charge in [-0.3, -0.25) is 24.6 Å². The van der Waals surface area contributed by atoms with Crippen molar-refractivity contribution in [3.05, 3.63) is 98.7 Å². The number of non-ortho nitro benzene ring substituents is 1. The number of thiazole rings is 1. The Morgan fingerprint density at radius 1 is 1.15 bits per heavy atom. The van der Waals surface area contributed by atoms with Gasteiger partial charge in [0.05, 0.1) is 4.92 Å². The number of aromatic nitrogens is 1. The number of nitro benzene ring substituents is 1. The molecule has 15 heteroatoms. The van der Waals surface area contributed by atoms with E-state index in [1.807, 2.05) is 30.3 Å². The van der Waals surface area contributed by atoms with Crippen LogP contribution in [0.2, 0.25) is 0 Å². The quantitative estimate of drug-likeness (QED) is 0.116. The molecule has 0 aliphatic carbocycles. The summed E-state index contributed by atoms with van der Waals surface area (Å²) in [5.74, 6) is -1.48. The topological polar surface area (TPSA) is 179 Å². The van der Waals surface area contributed by atoms with Crippen LogP contribution in [0.3, 0.4) is 0 Å². The van der Waals surface area contributed by atoms with Crippen LogP contribution in [-0.4, -0.2) is 55.5 Å². The first-order chi connectivity index (χ1) is 19.8. The average Bonchev–Trinajstić information content (AvgIpc) is 3.42. The number of anilines is 1. The first kappa shape index (κ1) is 27.8. The molecule has 2 atom stereocenters. The number of nitrogens with two attached hydrogens (primary N) is 1. The summed E-state index contributed by atoms with van der Waals surface area (Å²) in [5.41, 5.74) is 7.19. The van der Waals surface area contributed by atoms with Crippen molar-refractivity contribution in [1.82, 2.24) is 15.2 Å². The van der Waals surface area contributed by atoms with Crippen molar-refractivity contribution >= 4 is 57.4 Å². The lowest BCUT2D eigenvalue weighted by atomic mass is 10.0. The van der Waals surface area contributed by atoms with Gasteiger partial charge in [0.15, 0.2) is 10.8 Å². The van der Waals surface area contributed by atoms with Gasteiger partial charge in [0, 0.05) is 23.3 Å². The molecule has 5 rings (SSSR count). The highest BCUT2D eigenvalue weighted by molar-refractivity contribution is 8.00. The highest BCUT2D eigenvalue weighted by Gasteiger charge is 2.53. The number of fused-ring (bicyclic) bond motifs is 1. The molecule has 0 spiro atoms. The number of nitrogen functional groups attached to an aromatic ring is 1. The average molecular weight is 595 g/mol. The van der Waals surface area contributed by atoms with Crippen molar-refractivity contribution in [2.24, 2.45) is 5.16 Å². The van der Waals surface area contributed by atoms with Gasteiger partial charge in [-0.15, -0.1) is 23.1 Å². The standard InChI is InChI=1S/C26H22N6O7S2/c27-26-28-18(14-41-26)20(30-39-13-15-4-2-1-3-5-15)22(33)29-21-23(34)31-19(10-11-40-24(21)31)25(35)38-12-16-6-8-17(9-7-16)32(36)37/h1-10,14,21,24H,11-13H2,(H2,27,28)(H,29,33)/b30-20-/t21?,24-/m1/s1. The molecule has 2 aromatic carbocycles. The SMILES string of the molecule is Nc1nc(/C(=N/OCc2ccccc2)C(=O)NC2C(=O)N3C(C(=O)OCc4ccc([N+](=O)[O-])cc4)=CCS[C@H]23)cs1. The van der Waals surface area contributed by atoms with E-state index >= 15 is 0 Å². The lowest BCUT2D eigenvalue weighted by molar-refractivity contribution is -0.384. The van der Waals surface area contributed by atoms with Crippen LogP contribution in [0.15, 0.2) is 76.9 Å². The minimum Gasteiger partial charge on any atom is -0.456 e. The van der Waals surface area contributed by atoms with Gasteiger partial charge in [0.25, 0.3) is 17.5 Å². The van der Waals surface area contributed by atoms with E-state index in [4.69, 9.17) is 15.3 Å². The van der Waals surface area contributed by atoms with Crippen LogP contribution in [0.1, 0.15) is 16.8 Å². The summed E-state index contributed by atoms with van der Waals surface area (Å²) < 4.78 is 5.34. The summed E-state index contributed by atoms with van der Waals surface area (Å²) in [6.07, 6.45) is 1.58. The van der Waals surface area contributed by atoms with E-state index in [1.165, 1.54) is 40.9 Å². The van der Waals surface area contributed by atoms with Crippen LogP contribution in [-0.2, 0) is 37.2 Å². The predicted octanol–water partition coefficient (Wildman–Crippen LogP) is 2.58. The van der Waals surface area contributed by atoms with Crippen molar-refractivity contribution < 1.29 is 28.9 Å². The fourth-order valence-electron chi connectivity index (χ4n) is 4.02. The molecule has 1 fully saturated rings. The number of hydrogen-bond acceptors (Lipinski definition) is 12. The van der Waals surface area contributed by atoms with Crippen molar-refractivity contribution in [1.29, 1.82) is 0 Å². The van der Waals surface area contributed by atoms with E-state index in [0.29, 0.717) is 11.3 Å². The van der Waals surface area contributed by atoms with Gasteiger partial charge in [-0.1, -0.05) is 35.5 Å². The number of β-lactam (4-membered cyclic amide) rings is 1. The van der Waals surface area contributed by atoms with Crippen molar-refractivity contribution in [3.8, 4) is 0 Å². The molecule has 2 amide bonds. The van der Waals surface area contributed by atoms with Crippen LogP contribution in [0.25, 0.3) is 0 Å². The number of nitrogens with zero attached hydrogens (tertiary/aromatic N) is 4. The molecule has 1 aromatic heterocycles. The lowest BCUT2D eigenvalue weighted by Gasteiger charge is -2.48. The summed E-state index contributed by atoms with van der Waals surface area (Å²) in [5, 5.41) is 18.8. The number of nitro groups is 1. The zero-order valence-corrected chi connectivity index (χ0v) is 22.8. The third-order valence-corrected chi connectivity index (χ3v) is 7.93. The van der Waals surface area contributed by atoms with E-state index in [1.54, 1.807) is 11.5 Å². The minimum absolute atomic E-state index is 0.0681. The molecule has 3 aromatic rings. The molecule has 1 saturated heterocycles. The molecule has 0 saturated carbocycles. The largest absolute Gasteiger partial charge is 0.456 e. The third kappa shape index (κ3) is 6.20. The van der Waals surface area contributed by atoms with Crippen LogP contribution < -0.4 is 11.1 Å². The fraction of sp³-hybridized carbons (Fsp3) is 0.192. The highest BCUT2D eigenvalue weighted by atomic mass is 32.2. The molecule has 41 heavy (non-hydrogen) atoms. The van der Waals surface area contributed by atoms with Crippen molar-refractivity contribution in [2.45, 2.75) is 24.6 Å². The third-order valence-electron chi connectivity index (χ3n) is 6.07. The Morgan fingerprint density at radius 3 is 2.56 bits per heavy atom. The number of esters is 1. The van der Waals surface area contributed by atoms with Gasteiger partial charge in [-0.2, -0.15) is 0 Å². The number of amides is 2. The first-order valence-corrected chi connectivity index (χ1v) is 14.1. The Bertz CT molecular complexity index is 1540. The first-order valence-electron chi connectivity index (χ1n) is 12.1. The normalized spacial score (nSPS) is 18.0. The van der Waals surface area contributed by atoms with Gasteiger partial charge in [0.1, 0.15) is 36.0 Å². The number of carbonyl (C=O) groups is 3. The van der Waals surface area contributed by atoms with Gasteiger partial charge in [-0.25, -0.2) is 9.78 Å². The second-order valence-corrected chi connectivity index (χ2v) is 10.8. The number of ether oxygens (including phenoxy) is 1. The molecule has 0 radical (unpaired) electrons.